The molecule has 0 aliphatic carbocycles. The van der Waals surface area contributed by atoms with Crippen LogP contribution in [0.25, 0.3) is 0 Å². The van der Waals surface area contributed by atoms with E-state index in [-0.39, 0.29) is 5.91 Å². The van der Waals surface area contributed by atoms with Crippen LogP contribution in [-0.2, 0) is 11.3 Å². The number of nitrogens with zero attached hydrogens (tertiary/aromatic N) is 7. The van der Waals surface area contributed by atoms with Gasteiger partial charge < -0.3 is 9.80 Å². The van der Waals surface area contributed by atoms with Crippen LogP contribution in [0.5, 0.6) is 0 Å². The van der Waals surface area contributed by atoms with Crippen LogP contribution < -0.4 is 4.90 Å². The highest BCUT2D eigenvalue weighted by atomic mass is 16.2. The quantitative estimate of drug-likeness (QED) is 0.803. The van der Waals surface area contributed by atoms with Crippen molar-refractivity contribution in [2.24, 2.45) is 0 Å². The molecular weight excluding hydrogens is 294 g/mol. The molecule has 0 saturated carbocycles. The van der Waals surface area contributed by atoms with Crippen LogP contribution in [0.4, 0.5) is 5.95 Å². The second kappa shape index (κ2) is 7.66. The number of hydrogen-bond donors (Lipinski definition) is 0. The van der Waals surface area contributed by atoms with E-state index in [1.54, 1.807) is 23.4 Å². The number of aromatic nitrogens is 5. The first-order chi connectivity index (χ1) is 11.3. The zero-order valence-electron chi connectivity index (χ0n) is 13.1. The second-order valence-electron chi connectivity index (χ2n) is 5.53. The maximum atomic E-state index is 12.4. The van der Waals surface area contributed by atoms with Gasteiger partial charge >= 0.3 is 0 Å². The molecule has 0 spiro atoms. The summed E-state index contributed by atoms with van der Waals surface area (Å²) in [6, 6.07) is 1.81. The molecule has 1 aliphatic rings. The van der Waals surface area contributed by atoms with Crippen molar-refractivity contribution in [3.05, 3.63) is 31.1 Å². The van der Waals surface area contributed by atoms with E-state index in [4.69, 9.17) is 0 Å². The van der Waals surface area contributed by atoms with Gasteiger partial charge in [-0.25, -0.2) is 15.0 Å². The summed E-state index contributed by atoms with van der Waals surface area (Å²) in [7, 11) is 0. The van der Waals surface area contributed by atoms with Gasteiger partial charge in [-0.1, -0.05) is 0 Å². The van der Waals surface area contributed by atoms with Crippen molar-refractivity contribution >= 4 is 11.9 Å². The fourth-order valence-corrected chi connectivity index (χ4v) is 2.72. The fraction of sp³-hybridized carbons (Fsp3) is 0.533. The van der Waals surface area contributed by atoms with Gasteiger partial charge in [-0.05, 0) is 18.9 Å². The lowest BCUT2D eigenvalue weighted by Gasteiger charge is -2.22. The number of hydrogen-bond acceptors (Lipinski definition) is 6. The maximum absolute atomic E-state index is 12.4. The standard InChI is InChI=1S/C15H21N7O/c23-14(4-1-9-22-13-16-12-19-22)20-7-3-8-21(11-10-20)15-17-5-2-6-18-15/h2,5-6,12-13H,1,3-4,7-11H2. The lowest BCUT2D eigenvalue weighted by molar-refractivity contribution is -0.131. The lowest BCUT2D eigenvalue weighted by Crippen LogP contribution is -2.35. The largest absolute Gasteiger partial charge is 0.341 e. The maximum Gasteiger partial charge on any atom is 0.225 e. The van der Waals surface area contributed by atoms with E-state index >= 15 is 0 Å². The second-order valence-corrected chi connectivity index (χ2v) is 5.53. The molecule has 0 N–H and O–H groups in total. The van der Waals surface area contributed by atoms with Gasteiger partial charge in [0, 0.05) is 51.5 Å². The van der Waals surface area contributed by atoms with Crippen LogP contribution in [0.2, 0.25) is 0 Å². The van der Waals surface area contributed by atoms with Gasteiger partial charge in [0.2, 0.25) is 11.9 Å². The Balaban J connectivity index is 1.46. The van der Waals surface area contributed by atoms with Crippen molar-refractivity contribution in [2.45, 2.75) is 25.8 Å². The molecule has 3 heterocycles. The molecule has 3 rings (SSSR count). The van der Waals surface area contributed by atoms with E-state index < -0.39 is 0 Å². The van der Waals surface area contributed by atoms with Crippen molar-refractivity contribution in [1.82, 2.24) is 29.6 Å². The van der Waals surface area contributed by atoms with Gasteiger partial charge in [0.25, 0.3) is 0 Å². The molecule has 122 valence electrons. The molecule has 0 bridgehead atoms. The van der Waals surface area contributed by atoms with Crippen LogP contribution >= 0.6 is 0 Å². The van der Waals surface area contributed by atoms with Gasteiger partial charge in [-0.3, -0.25) is 9.48 Å². The van der Waals surface area contributed by atoms with Crippen LogP contribution in [0.3, 0.4) is 0 Å². The number of rotatable bonds is 5. The van der Waals surface area contributed by atoms with Gasteiger partial charge in [0.05, 0.1) is 0 Å². The SMILES string of the molecule is O=C(CCCn1cncn1)N1CCCN(c2ncccn2)CC1. The third-order valence-electron chi connectivity index (χ3n) is 3.93. The molecule has 0 radical (unpaired) electrons. The van der Waals surface area contributed by atoms with Crippen LogP contribution in [0.15, 0.2) is 31.1 Å². The van der Waals surface area contributed by atoms with Gasteiger partial charge in [0.1, 0.15) is 12.7 Å². The molecular formula is C15H21N7O. The van der Waals surface area contributed by atoms with Crippen LogP contribution in [-0.4, -0.2) is 61.7 Å². The highest BCUT2D eigenvalue weighted by Crippen LogP contribution is 2.11. The Labute approximate surface area is 135 Å². The van der Waals surface area contributed by atoms with Crippen molar-refractivity contribution in [3.8, 4) is 0 Å². The summed E-state index contributed by atoms with van der Waals surface area (Å²) < 4.78 is 1.75. The molecule has 2 aromatic rings. The number of anilines is 1. The number of aryl methyl sites for hydroxylation is 1. The molecule has 1 aliphatic heterocycles. The Morgan fingerprint density at radius 3 is 2.78 bits per heavy atom. The molecule has 1 amide bonds. The van der Waals surface area contributed by atoms with Crippen molar-refractivity contribution in [2.75, 3.05) is 31.1 Å². The van der Waals surface area contributed by atoms with Crippen molar-refractivity contribution < 1.29 is 4.79 Å². The summed E-state index contributed by atoms with van der Waals surface area (Å²) in [5.41, 5.74) is 0. The molecule has 1 fully saturated rings. The van der Waals surface area contributed by atoms with Crippen LogP contribution in [0, 0.1) is 0 Å². The Kier molecular flexibility index (Phi) is 5.13. The topological polar surface area (TPSA) is 80.0 Å². The third kappa shape index (κ3) is 4.24. The lowest BCUT2D eigenvalue weighted by atomic mass is 10.2. The molecule has 0 unspecified atom stereocenters. The molecule has 1 saturated heterocycles. The van der Waals surface area contributed by atoms with E-state index in [9.17, 15) is 4.79 Å². The van der Waals surface area contributed by atoms with Gasteiger partial charge in [-0.15, -0.1) is 0 Å². The third-order valence-corrected chi connectivity index (χ3v) is 3.93. The van der Waals surface area contributed by atoms with E-state index in [0.717, 1.165) is 51.5 Å². The Morgan fingerprint density at radius 2 is 2.00 bits per heavy atom. The molecule has 0 aromatic carbocycles. The average Bonchev–Trinajstić information content (AvgIpc) is 2.97. The first-order valence-corrected chi connectivity index (χ1v) is 7.95. The monoisotopic (exact) mass is 315 g/mol. The zero-order chi connectivity index (χ0) is 15.9. The normalized spacial score (nSPS) is 15.5. The summed E-state index contributed by atoms with van der Waals surface area (Å²) in [5.74, 6) is 0.953. The molecule has 23 heavy (non-hydrogen) atoms. The van der Waals surface area contributed by atoms with Crippen molar-refractivity contribution in [1.29, 1.82) is 0 Å². The highest BCUT2D eigenvalue weighted by molar-refractivity contribution is 5.76. The smallest absolute Gasteiger partial charge is 0.225 e. The summed E-state index contributed by atoms with van der Waals surface area (Å²) in [6.45, 7) is 3.90. The van der Waals surface area contributed by atoms with Gasteiger partial charge in [0.15, 0.2) is 0 Å². The first-order valence-electron chi connectivity index (χ1n) is 7.95. The number of carbonyl (C=O) groups is 1. The van der Waals surface area contributed by atoms with Gasteiger partial charge in [-0.2, -0.15) is 5.10 Å². The minimum atomic E-state index is 0.209. The average molecular weight is 315 g/mol. The predicted octanol–water partition coefficient (Wildman–Crippen LogP) is 0.587. The Hall–Kier alpha value is -2.51. The molecule has 8 nitrogen and oxygen atoms in total. The minimum Gasteiger partial charge on any atom is -0.341 e. The highest BCUT2D eigenvalue weighted by Gasteiger charge is 2.19. The summed E-state index contributed by atoms with van der Waals surface area (Å²) in [6.07, 6.45) is 8.95. The molecule has 0 atom stereocenters. The minimum absolute atomic E-state index is 0.209. The van der Waals surface area contributed by atoms with E-state index in [2.05, 4.69) is 25.0 Å². The fourth-order valence-electron chi connectivity index (χ4n) is 2.72. The molecule has 8 heteroatoms. The summed E-state index contributed by atoms with van der Waals surface area (Å²) in [5, 5.41) is 4.04. The van der Waals surface area contributed by atoms with E-state index in [1.165, 1.54) is 6.33 Å². The van der Waals surface area contributed by atoms with Crippen LogP contribution in [0.1, 0.15) is 19.3 Å². The number of amides is 1. The summed E-state index contributed by atoms with van der Waals surface area (Å²) >= 11 is 0. The van der Waals surface area contributed by atoms with E-state index in [0.29, 0.717) is 6.42 Å². The Bertz CT molecular complexity index is 602. The van der Waals surface area contributed by atoms with E-state index in [1.807, 2.05) is 11.0 Å². The zero-order valence-corrected chi connectivity index (χ0v) is 13.1. The first kappa shape index (κ1) is 15.4. The number of carbonyl (C=O) groups excluding carboxylic acids is 1. The summed E-state index contributed by atoms with van der Waals surface area (Å²) in [4.78, 5) is 28.9. The Morgan fingerprint density at radius 1 is 1.13 bits per heavy atom. The molecule has 2 aromatic heterocycles. The predicted molar refractivity (Wildman–Crippen MR) is 84.7 cm³/mol. The van der Waals surface area contributed by atoms with Crippen molar-refractivity contribution in [3.63, 3.8) is 0 Å².